The Kier molecular flexibility index (Phi) is 7.37. The molecule has 0 aliphatic carbocycles. The summed E-state index contributed by atoms with van der Waals surface area (Å²) in [7, 11) is 0. The summed E-state index contributed by atoms with van der Waals surface area (Å²) in [5.41, 5.74) is -0.0447. The molecule has 0 heterocycles. The second-order valence-corrected chi connectivity index (χ2v) is 6.95. The van der Waals surface area contributed by atoms with E-state index in [0.717, 1.165) is 5.06 Å². The van der Waals surface area contributed by atoms with Gasteiger partial charge in [-0.3, -0.25) is 4.79 Å². The van der Waals surface area contributed by atoms with Gasteiger partial charge in [0, 0.05) is 6.42 Å². The molecule has 1 aromatic rings. The Morgan fingerprint density at radius 2 is 1.83 bits per heavy atom. The Balaban J connectivity index is 2.88. The molecule has 1 rings (SSSR count). The number of hydrogen-bond donors (Lipinski definition) is 2. The monoisotopic (exact) mass is 357 g/mol. The largest absolute Gasteiger partial charge is 0.528 e. The lowest BCUT2D eigenvalue weighted by molar-refractivity contribution is -0.176. The molecule has 1 aromatic carbocycles. The molecule has 24 heavy (non-hydrogen) atoms. The number of thioether (sulfide) groups is 1. The fraction of sp³-hybridized carbons (Fsp3) is 0.500. The van der Waals surface area contributed by atoms with Crippen LogP contribution in [0.4, 0.5) is 4.79 Å². The molecule has 134 valence electrons. The number of benzene rings is 1. The highest BCUT2D eigenvalue weighted by Gasteiger charge is 2.31. The number of hydroxylamine groups is 2. The molecule has 0 fully saturated rings. The standard InChI is InChI=1S/C16H23NO6S/c1-16(2,3)22-15(21)23-17(10-24-4)13(14(19)20)9-11-5-7-12(18)8-6-11/h5-8,13,18H,9-10H2,1-4H3,(H,19,20)/t13-/m1/s1. The molecule has 1 atom stereocenters. The Labute approximate surface area is 145 Å². The van der Waals surface area contributed by atoms with Crippen LogP contribution < -0.4 is 0 Å². The van der Waals surface area contributed by atoms with Crippen LogP contribution in [-0.4, -0.2) is 51.2 Å². The van der Waals surface area contributed by atoms with Crippen molar-refractivity contribution in [2.75, 3.05) is 12.1 Å². The summed E-state index contributed by atoms with van der Waals surface area (Å²) in [6.45, 7) is 5.08. The summed E-state index contributed by atoms with van der Waals surface area (Å²) in [5.74, 6) is -0.855. The van der Waals surface area contributed by atoms with E-state index in [-0.39, 0.29) is 18.0 Å². The Morgan fingerprint density at radius 3 is 2.29 bits per heavy atom. The van der Waals surface area contributed by atoms with Crippen LogP contribution in [0.2, 0.25) is 0 Å². The lowest BCUT2D eigenvalue weighted by Gasteiger charge is -2.28. The zero-order chi connectivity index (χ0) is 18.3. The molecule has 0 spiro atoms. The predicted molar refractivity (Wildman–Crippen MR) is 90.8 cm³/mol. The van der Waals surface area contributed by atoms with Gasteiger partial charge in [-0.05, 0) is 44.7 Å². The smallest absolute Gasteiger partial charge is 0.508 e. The van der Waals surface area contributed by atoms with Gasteiger partial charge in [-0.2, -0.15) is 0 Å². The third-order valence-corrected chi connectivity index (χ3v) is 3.35. The van der Waals surface area contributed by atoms with Gasteiger partial charge in [-0.25, -0.2) is 4.79 Å². The number of phenolic OH excluding ortho intramolecular Hbond substituents is 1. The first-order chi connectivity index (χ1) is 11.1. The van der Waals surface area contributed by atoms with Gasteiger partial charge in [0.2, 0.25) is 0 Å². The number of ether oxygens (including phenoxy) is 1. The summed E-state index contributed by atoms with van der Waals surface area (Å²) >= 11 is 1.32. The number of phenols is 1. The number of carboxylic acid groups (broad SMARTS) is 1. The number of aliphatic carboxylic acids is 1. The number of hydrogen-bond acceptors (Lipinski definition) is 7. The Morgan fingerprint density at radius 1 is 1.25 bits per heavy atom. The van der Waals surface area contributed by atoms with Crippen LogP contribution in [0.3, 0.4) is 0 Å². The van der Waals surface area contributed by atoms with Gasteiger partial charge in [0.25, 0.3) is 0 Å². The van der Waals surface area contributed by atoms with Crippen LogP contribution in [0.15, 0.2) is 24.3 Å². The highest BCUT2D eigenvalue weighted by molar-refractivity contribution is 7.98. The number of nitrogens with zero attached hydrogens (tertiary/aromatic N) is 1. The maximum absolute atomic E-state index is 11.8. The van der Waals surface area contributed by atoms with E-state index >= 15 is 0 Å². The van der Waals surface area contributed by atoms with Gasteiger partial charge >= 0.3 is 12.1 Å². The highest BCUT2D eigenvalue weighted by atomic mass is 32.2. The molecule has 0 bridgehead atoms. The lowest BCUT2D eigenvalue weighted by atomic mass is 10.1. The van der Waals surface area contributed by atoms with Gasteiger partial charge in [0.1, 0.15) is 17.4 Å². The van der Waals surface area contributed by atoms with Gasteiger partial charge in [0.15, 0.2) is 0 Å². The number of carbonyl (C=O) groups is 2. The van der Waals surface area contributed by atoms with Crippen molar-refractivity contribution in [3.8, 4) is 5.75 Å². The zero-order valence-electron chi connectivity index (χ0n) is 14.2. The molecular weight excluding hydrogens is 334 g/mol. The fourth-order valence-corrected chi connectivity index (χ4v) is 2.33. The summed E-state index contributed by atoms with van der Waals surface area (Å²) in [6.07, 6.45) is 0.928. The normalized spacial score (nSPS) is 12.7. The van der Waals surface area contributed by atoms with Crippen molar-refractivity contribution in [2.24, 2.45) is 0 Å². The van der Waals surface area contributed by atoms with Crippen LogP contribution in [0.5, 0.6) is 5.75 Å². The third kappa shape index (κ3) is 7.10. The van der Waals surface area contributed by atoms with E-state index in [9.17, 15) is 19.8 Å². The van der Waals surface area contributed by atoms with E-state index < -0.39 is 23.8 Å². The van der Waals surface area contributed by atoms with Crippen molar-refractivity contribution in [3.63, 3.8) is 0 Å². The maximum atomic E-state index is 11.8. The Hall–Kier alpha value is -1.93. The van der Waals surface area contributed by atoms with E-state index in [2.05, 4.69) is 0 Å². The van der Waals surface area contributed by atoms with Crippen LogP contribution >= 0.6 is 11.8 Å². The molecule has 0 radical (unpaired) electrons. The average Bonchev–Trinajstić information content (AvgIpc) is 2.44. The molecule has 0 saturated heterocycles. The van der Waals surface area contributed by atoms with Gasteiger partial charge < -0.3 is 19.8 Å². The first-order valence-corrected chi connectivity index (χ1v) is 8.69. The second-order valence-electron chi connectivity index (χ2n) is 6.12. The van der Waals surface area contributed by atoms with Gasteiger partial charge in [-0.1, -0.05) is 12.1 Å². The van der Waals surface area contributed by atoms with Crippen molar-refractivity contribution in [1.82, 2.24) is 5.06 Å². The zero-order valence-corrected chi connectivity index (χ0v) is 15.0. The van der Waals surface area contributed by atoms with Crippen molar-refractivity contribution in [3.05, 3.63) is 29.8 Å². The minimum Gasteiger partial charge on any atom is -0.508 e. The molecule has 0 aliphatic heterocycles. The van der Waals surface area contributed by atoms with E-state index in [1.807, 2.05) is 0 Å². The summed E-state index contributed by atoms with van der Waals surface area (Å²) in [6, 6.07) is 5.12. The average molecular weight is 357 g/mol. The third-order valence-electron chi connectivity index (χ3n) is 2.84. The van der Waals surface area contributed by atoms with Crippen molar-refractivity contribution < 1.29 is 29.4 Å². The fourth-order valence-electron chi connectivity index (χ4n) is 1.84. The molecule has 2 N–H and O–H groups in total. The molecule has 0 saturated carbocycles. The molecule has 0 aromatic heterocycles. The van der Waals surface area contributed by atoms with Crippen molar-refractivity contribution in [2.45, 2.75) is 38.8 Å². The Bertz CT molecular complexity index is 555. The van der Waals surface area contributed by atoms with Crippen LogP contribution in [-0.2, 0) is 20.8 Å². The summed E-state index contributed by atoms with van der Waals surface area (Å²) in [5, 5.41) is 19.9. The van der Waals surface area contributed by atoms with E-state index in [4.69, 9.17) is 9.57 Å². The van der Waals surface area contributed by atoms with Crippen LogP contribution in [0.1, 0.15) is 26.3 Å². The number of carboxylic acids is 1. The number of carbonyl (C=O) groups excluding carboxylic acids is 1. The minimum atomic E-state index is -1.12. The number of aromatic hydroxyl groups is 1. The second kappa shape index (κ2) is 8.79. The minimum absolute atomic E-state index is 0.0941. The predicted octanol–water partition coefficient (Wildman–Crippen LogP) is 2.88. The first kappa shape index (κ1) is 20.1. The maximum Gasteiger partial charge on any atom is 0.528 e. The van der Waals surface area contributed by atoms with Crippen molar-refractivity contribution >= 4 is 23.9 Å². The highest BCUT2D eigenvalue weighted by Crippen LogP contribution is 2.17. The molecule has 7 nitrogen and oxygen atoms in total. The van der Waals surface area contributed by atoms with Crippen LogP contribution in [0.25, 0.3) is 0 Å². The number of rotatable bonds is 7. The molecule has 0 amide bonds. The summed E-state index contributed by atoms with van der Waals surface area (Å²) in [4.78, 5) is 28.6. The van der Waals surface area contributed by atoms with E-state index in [1.54, 1.807) is 39.2 Å². The molecule has 8 heteroatoms. The first-order valence-electron chi connectivity index (χ1n) is 7.29. The van der Waals surface area contributed by atoms with E-state index in [1.165, 1.54) is 23.9 Å². The molecule has 0 aliphatic rings. The van der Waals surface area contributed by atoms with E-state index in [0.29, 0.717) is 5.56 Å². The summed E-state index contributed by atoms with van der Waals surface area (Å²) < 4.78 is 5.07. The van der Waals surface area contributed by atoms with Gasteiger partial charge in [-0.15, -0.1) is 16.8 Å². The SMILES string of the molecule is CSCN(OC(=O)OC(C)(C)C)[C@H](Cc1ccc(O)cc1)C(=O)O. The quantitative estimate of drug-likeness (QED) is 0.437. The molecule has 0 unspecified atom stereocenters. The lowest BCUT2D eigenvalue weighted by Crippen LogP contribution is -2.44. The topological polar surface area (TPSA) is 96.3 Å². The van der Waals surface area contributed by atoms with Crippen molar-refractivity contribution in [1.29, 1.82) is 0 Å². The molecular formula is C16H23NO6S. The van der Waals surface area contributed by atoms with Crippen LogP contribution in [0, 0.1) is 0 Å². The van der Waals surface area contributed by atoms with Gasteiger partial charge in [0.05, 0.1) is 5.88 Å².